The van der Waals surface area contributed by atoms with Gasteiger partial charge in [0, 0.05) is 31.0 Å². The summed E-state index contributed by atoms with van der Waals surface area (Å²) >= 11 is 0. The van der Waals surface area contributed by atoms with E-state index in [2.05, 4.69) is 10.3 Å². The van der Waals surface area contributed by atoms with Crippen LogP contribution in [0.3, 0.4) is 0 Å². The van der Waals surface area contributed by atoms with E-state index in [4.69, 9.17) is 0 Å². The second-order valence-corrected chi connectivity index (χ2v) is 9.58. The van der Waals surface area contributed by atoms with Gasteiger partial charge < -0.3 is 9.88 Å². The van der Waals surface area contributed by atoms with E-state index in [-0.39, 0.29) is 29.4 Å². The van der Waals surface area contributed by atoms with E-state index in [1.54, 1.807) is 10.8 Å². The maximum absolute atomic E-state index is 13.0. The van der Waals surface area contributed by atoms with Crippen LogP contribution in [0.15, 0.2) is 35.7 Å². The molecule has 7 nitrogen and oxygen atoms in total. The van der Waals surface area contributed by atoms with Gasteiger partial charge >= 0.3 is 0 Å². The molecule has 1 N–H and O–H groups in total. The standard InChI is InChI=1S/C20H28N4O3S/c1-14(2)23-12-19(21-13-23)28(26,27)24-10-6-8-17(11-24)20(25)22-18-9-5-7-15(3)16(18)4/h5,7,9,12-14,17H,6,8,10-11H2,1-4H3,(H,22,25). The van der Waals surface area contributed by atoms with Crippen LogP contribution in [0.5, 0.6) is 0 Å². The van der Waals surface area contributed by atoms with Gasteiger partial charge in [-0.1, -0.05) is 12.1 Å². The number of sulfonamides is 1. The van der Waals surface area contributed by atoms with E-state index in [1.165, 1.54) is 10.6 Å². The molecule has 1 unspecified atom stereocenters. The first-order chi connectivity index (χ1) is 13.2. The van der Waals surface area contributed by atoms with Crippen LogP contribution in [-0.2, 0) is 14.8 Å². The van der Waals surface area contributed by atoms with Gasteiger partial charge in [-0.25, -0.2) is 13.4 Å². The predicted molar refractivity (Wildman–Crippen MR) is 109 cm³/mol. The third kappa shape index (κ3) is 4.12. The zero-order chi connectivity index (χ0) is 20.5. The SMILES string of the molecule is Cc1cccc(NC(=O)C2CCCN(S(=O)(=O)c3cn(C(C)C)cn3)C2)c1C. The van der Waals surface area contributed by atoms with Crippen molar-refractivity contribution in [2.24, 2.45) is 5.92 Å². The van der Waals surface area contributed by atoms with Crippen molar-refractivity contribution in [3.05, 3.63) is 41.9 Å². The monoisotopic (exact) mass is 404 g/mol. The van der Waals surface area contributed by atoms with Crippen molar-refractivity contribution in [2.75, 3.05) is 18.4 Å². The Labute approximate surface area is 166 Å². The molecule has 152 valence electrons. The molecule has 1 aromatic heterocycles. The maximum atomic E-state index is 13.0. The first-order valence-corrected chi connectivity index (χ1v) is 11.0. The summed E-state index contributed by atoms with van der Waals surface area (Å²) in [6, 6.07) is 5.90. The number of benzene rings is 1. The highest BCUT2D eigenvalue weighted by atomic mass is 32.2. The van der Waals surface area contributed by atoms with Crippen molar-refractivity contribution >= 4 is 21.6 Å². The molecule has 0 spiro atoms. The number of piperidine rings is 1. The van der Waals surface area contributed by atoms with E-state index in [1.807, 2.05) is 45.9 Å². The third-order valence-corrected chi connectivity index (χ3v) is 7.15. The number of nitrogens with zero attached hydrogens (tertiary/aromatic N) is 3. The molecule has 0 saturated carbocycles. The van der Waals surface area contributed by atoms with Crippen LogP contribution in [0.1, 0.15) is 43.9 Å². The van der Waals surface area contributed by atoms with E-state index in [9.17, 15) is 13.2 Å². The molecular weight excluding hydrogens is 376 g/mol. The van der Waals surface area contributed by atoms with Crippen molar-refractivity contribution in [1.29, 1.82) is 0 Å². The van der Waals surface area contributed by atoms with Crippen molar-refractivity contribution in [1.82, 2.24) is 13.9 Å². The molecule has 1 aliphatic heterocycles. The molecule has 1 atom stereocenters. The van der Waals surface area contributed by atoms with Gasteiger partial charge in [-0.05, 0) is 57.7 Å². The third-order valence-electron chi connectivity index (χ3n) is 5.40. The minimum Gasteiger partial charge on any atom is -0.334 e. The Morgan fingerprint density at radius 3 is 2.71 bits per heavy atom. The first-order valence-electron chi connectivity index (χ1n) is 9.61. The molecule has 1 fully saturated rings. The molecule has 2 aromatic rings. The Morgan fingerprint density at radius 2 is 2.04 bits per heavy atom. The molecule has 1 saturated heterocycles. The molecule has 3 rings (SSSR count). The van der Waals surface area contributed by atoms with Crippen LogP contribution in [0.25, 0.3) is 0 Å². The minimum atomic E-state index is -3.71. The fourth-order valence-electron chi connectivity index (χ4n) is 3.36. The molecule has 0 bridgehead atoms. The van der Waals surface area contributed by atoms with Crippen molar-refractivity contribution in [3.8, 4) is 0 Å². The minimum absolute atomic E-state index is 0.0387. The Balaban J connectivity index is 1.74. The number of rotatable bonds is 5. The molecular formula is C20H28N4O3S. The van der Waals surface area contributed by atoms with Crippen LogP contribution in [-0.4, -0.2) is 41.3 Å². The van der Waals surface area contributed by atoms with Gasteiger partial charge in [0.05, 0.1) is 12.2 Å². The summed E-state index contributed by atoms with van der Waals surface area (Å²) in [7, 11) is -3.71. The van der Waals surface area contributed by atoms with E-state index in [0.29, 0.717) is 19.4 Å². The summed E-state index contributed by atoms with van der Waals surface area (Å²) in [6.07, 6.45) is 4.41. The summed E-state index contributed by atoms with van der Waals surface area (Å²) in [5.74, 6) is -0.517. The number of aryl methyl sites for hydroxylation is 1. The van der Waals surface area contributed by atoms with Gasteiger partial charge in [0.15, 0.2) is 5.03 Å². The number of anilines is 1. The smallest absolute Gasteiger partial charge is 0.262 e. The molecule has 1 aromatic carbocycles. The highest BCUT2D eigenvalue weighted by molar-refractivity contribution is 7.89. The lowest BCUT2D eigenvalue weighted by Crippen LogP contribution is -2.43. The van der Waals surface area contributed by atoms with Crippen molar-refractivity contribution in [2.45, 2.75) is 51.6 Å². The number of amides is 1. The average Bonchev–Trinajstić information content (AvgIpc) is 3.17. The molecule has 0 radical (unpaired) electrons. The van der Waals surface area contributed by atoms with Gasteiger partial charge in [-0.15, -0.1) is 0 Å². The highest BCUT2D eigenvalue weighted by Gasteiger charge is 2.34. The topological polar surface area (TPSA) is 84.3 Å². The summed E-state index contributed by atoms with van der Waals surface area (Å²) in [6.45, 7) is 8.47. The summed E-state index contributed by atoms with van der Waals surface area (Å²) in [5.41, 5.74) is 2.91. The molecule has 8 heteroatoms. The zero-order valence-corrected chi connectivity index (χ0v) is 17.7. The number of hydrogen-bond acceptors (Lipinski definition) is 4. The molecule has 2 heterocycles. The summed E-state index contributed by atoms with van der Waals surface area (Å²) in [5, 5.41) is 3.01. The first kappa shape index (κ1) is 20.5. The lowest BCUT2D eigenvalue weighted by atomic mass is 9.98. The van der Waals surface area contributed by atoms with Crippen LogP contribution in [0.2, 0.25) is 0 Å². The summed E-state index contributed by atoms with van der Waals surface area (Å²) < 4.78 is 29.1. The number of nitrogens with one attached hydrogen (secondary N) is 1. The van der Waals surface area contributed by atoms with Gasteiger partial charge in [-0.3, -0.25) is 4.79 Å². The zero-order valence-electron chi connectivity index (χ0n) is 16.8. The largest absolute Gasteiger partial charge is 0.334 e. The lowest BCUT2D eigenvalue weighted by Gasteiger charge is -2.30. The van der Waals surface area contributed by atoms with Gasteiger partial charge in [-0.2, -0.15) is 4.31 Å². The van der Waals surface area contributed by atoms with Crippen LogP contribution in [0, 0.1) is 19.8 Å². The Kier molecular flexibility index (Phi) is 5.90. The van der Waals surface area contributed by atoms with E-state index < -0.39 is 10.0 Å². The predicted octanol–water partition coefficient (Wildman–Crippen LogP) is 3.12. The second kappa shape index (κ2) is 8.05. The number of imidazole rings is 1. The Morgan fingerprint density at radius 1 is 1.29 bits per heavy atom. The van der Waals surface area contributed by atoms with Gasteiger partial charge in [0.2, 0.25) is 5.91 Å². The van der Waals surface area contributed by atoms with Crippen molar-refractivity contribution < 1.29 is 13.2 Å². The van der Waals surface area contributed by atoms with Crippen molar-refractivity contribution in [3.63, 3.8) is 0 Å². The number of hydrogen-bond donors (Lipinski definition) is 1. The van der Waals surface area contributed by atoms with Gasteiger partial charge in [0.1, 0.15) is 0 Å². The fraction of sp³-hybridized carbons (Fsp3) is 0.500. The van der Waals surface area contributed by atoms with E-state index in [0.717, 1.165) is 16.8 Å². The number of aromatic nitrogens is 2. The normalized spacial score (nSPS) is 18.4. The molecule has 28 heavy (non-hydrogen) atoms. The molecule has 1 aliphatic rings. The fourth-order valence-corrected chi connectivity index (χ4v) is 4.81. The second-order valence-electron chi connectivity index (χ2n) is 7.69. The summed E-state index contributed by atoms with van der Waals surface area (Å²) in [4.78, 5) is 16.9. The lowest BCUT2D eigenvalue weighted by molar-refractivity contribution is -0.120. The van der Waals surface area contributed by atoms with Crippen LogP contribution >= 0.6 is 0 Å². The Hall–Kier alpha value is -2.19. The molecule has 1 amide bonds. The van der Waals surface area contributed by atoms with Crippen LogP contribution < -0.4 is 5.32 Å². The van der Waals surface area contributed by atoms with E-state index >= 15 is 0 Å². The molecule has 0 aliphatic carbocycles. The average molecular weight is 405 g/mol. The highest BCUT2D eigenvalue weighted by Crippen LogP contribution is 2.25. The number of carbonyl (C=O) groups excluding carboxylic acids is 1. The number of carbonyl (C=O) groups is 1. The maximum Gasteiger partial charge on any atom is 0.262 e. The Bertz CT molecular complexity index is 966. The quantitative estimate of drug-likeness (QED) is 0.830. The van der Waals surface area contributed by atoms with Gasteiger partial charge in [0.25, 0.3) is 10.0 Å². The van der Waals surface area contributed by atoms with Crippen LogP contribution in [0.4, 0.5) is 5.69 Å².